The van der Waals surface area contributed by atoms with Crippen LogP contribution in [0, 0.1) is 6.92 Å². The van der Waals surface area contributed by atoms with E-state index in [1.807, 2.05) is 13.0 Å². The highest BCUT2D eigenvalue weighted by atomic mass is 32.1. The highest BCUT2D eigenvalue weighted by molar-refractivity contribution is 7.15. The quantitative estimate of drug-likeness (QED) is 0.726. The summed E-state index contributed by atoms with van der Waals surface area (Å²) in [5, 5.41) is 8.00. The summed E-state index contributed by atoms with van der Waals surface area (Å²) in [6, 6.07) is 9.82. The highest BCUT2D eigenvalue weighted by Gasteiger charge is 2.31. The molecule has 8 heteroatoms. The molecule has 0 unspecified atom stereocenters. The van der Waals surface area contributed by atoms with Crippen molar-refractivity contribution in [3.63, 3.8) is 0 Å². The van der Waals surface area contributed by atoms with E-state index in [0.29, 0.717) is 5.69 Å². The molecule has 3 aromatic rings. The molecule has 0 atom stereocenters. The summed E-state index contributed by atoms with van der Waals surface area (Å²) in [6.07, 6.45) is -3.82. The van der Waals surface area contributed by atoms with Crippen molar-refractivity contribution in [1.82, 2.24) is 9.78 Å². The highest BCUT2D eigenvalue weighted by Crippen LogP contribution is 2.37. The normalized spacial score (nSPS) is 13.6. The Bertz CT molecular complexity index is 912. The lowest BCUT2D eigenvalue weighted by Gasteiger charge is -2.10. The van der Waals surface area contributed by atoms with E-state index in [2.05, 4.69) is 16.1 Å². The first-order chi connectivity index (χ1) is 11.9. The number of hydrogen-bond acceptors (Lipinski definition) is 4. The molecule has 1 aliphatic heterocycles. The van der Waals surface area contributed by atoms with E-state index >= 15 is 0 Å². The molecule has 3 heterocycles. The average Bonchev–Trinajstić information content (AvgIpc) is 3.22. The van der Waals surface area contributed by atoms with Crippen molar-refractivity contribution in [2.24, 2.45) is 0 Å². The minimum absolute atomic E-state index is 0.248. The Morgan fingerprint density at radius 1 is 1.16 bits per heavy atom. The van der Waals surface area contributed by atoms with Gasteiger partial charge in [-0.3, -0.25) is 0 Å². The van der Waals surface area contributed by atoms with E-state index in [9.17, 15) is 13.2 Å². The molecule has 4 nitrogen and oxygen atoms in total. The van der Waals surface area contributed by atoms with Crippen LogP contribution in [0.25, 0.3) is 16.3 Å². The van der Waals surface area contributed by atoms with Crippen molar-refractivity contribution < 1.29 is 17.9 Å². The fourth-order valence-corrected chi connectivity index (χ4v) is 3.79. The number of fused-ring (bicyclic) bond motifs is 1. The molecular formula is C17H14F3N3OS. The zero-order valence-corrected chi connectivity index (χ0v) is 14.0. The van der Waals surface area contributed by atoms with Crippen molar-refractivity contribution in [1.29, 1.82) is 0 Å². The molecule has 0 saturated heterocycles. The van der Waals surface area contributed by atoms with Gasteiger partial charge in [0.05, 0.1) is 10.6 Å². The minimum atomic E-state index is -4.69. The first kappa shape index (κ1) is 16.0. The largest absolute Gasteiger partial charge is 0.573 e. The number of benzene rings is 1. The molecule has 0 amide bonds. The number of aromatic nitrogens is 2. The molecule has 0 fully saturated rings. The lowest BCUT2D eigenvalue weighted by Crippen LogP contribution is -2.17. The predicted molar refractivity (Wildman–Crippen MR) is 90.5 cm³/mol. The molecule has 0 radical (unpaired) electrons. The molecule has 0 saturated carbocycles. The second-order valence-corrected chi connectivity index (χ2v) is 7.00. The van der Waals surface area contributed by atoms with Gasteiger partial charge in [0.2, 0.25) is 0 Å². The molecule has 1 N–H and O–H groups in total. The van der Waals surface area contributed by atoms with Crippen LogP contribution in [0.5, 0.6) is 5.75 Å². The van der Waals surface area contributed by atoms with Crippen LogP contribution in [0.3, 0.4) is 0 Å². The first-order valence-electron chi connectivity index (χ1n) is 7.69. The smallest absolute Gasteiger partial charge is 0.406 e. The van der Waals surface area contributed by atoms with Crippen LogP contribution in [0.4, 0.5) is 19.0 Å². The Morgan fingerprint density at radius 2 is 1.92 bits per heavy atom. The topological polar surface area (TPSA) is 39.1 Å². The van der Waals surface area contributed by atoms with Gasteiger partial charge in [-0.15, -0.1) is 24.5 Å². The third-order valence-corrected chi connectivity index (χ3v) is 4.95. The molecule has 0 bridgehead atoms. The number of halogens is 3. The van der Waals surface area contributed by atoms with E-state index in [-0.39, 0.29) is 5.75 Å². The summed E-state index contributed by atoms with van der Waals surface area (Å²) in [5.74, 6) is 0.646. The third-order valence-electron chi connectivity index (χ3n) is 3.94. The van der Waals surface area contributed by atoms with Gasteiger partial charge in [-0.25, -0.2) is 4.68 Å². The summed E-state index contributed by atoms with van der Waals surface area (Å²) >= 11 is 1.68. The number of hydrogen-bond donors (Lipinski definition) is 1. The fraction of sp³-hybridized carbons (Fsp3) is 0.235. The van der Waals surface area contributed by atoms with Crippen molar-refractivity contribution >= 4 is 17.2 Å². The van der Waals surface area contributed by atoms with Gasteiger partial charge < -0.3 is 10.1 Å². The predicted octanol–water partition coefficient (Wildman–Crippen LogP) is 4.78. The molecule has 4 rings (SSSR count). The Hall–Kier alpha value is -2.48. The maximum Gasteiger partial charge on any atom is 0.573 e. The summed E-state index contributed by atoms with van der Waals surface area (Å²) in [4.78, 5) is 2.30. The van der Waals surface area contributed by atoms with Gasteiger partial charge in [0.15, 0.2) is 0 Å². The van der Waals surface area contributed by atoms with Gasteiger partial charge in [0.25, 0.3) is 0 Å². The van der Waals surface area contributed by atoms with Crippen LogP contribution < -0.4 is 10.1 Å². The molecular weight excluding hydrogens is 351 g/mol. The summed E-state index contributed by atoms with van der Waals surface area (Å²) in [5.41, 5.74) is 2.74. The van der Waals surface area contributed by atoms with E-state index < -0.39 is 6.36 Å². The Balaban J connectivity index is 1.71. The standard InChI is InChI=1S/C17H14F3N3OS/c1-10-2-7-14(25-10)15-13-8-9-21-16(13)23(22-15)11-3-5-12(6-4-11)24-17(18,19)20/h2-7,21H,8-9H2,1H3. The Labute approximate surface area is 145 Å². The van der Waals surface area contributed by atoms with E-state index in [1.54, 1.807) is 28.2 Å². The monoisotopic (exact) mass is 365 g/mol. The number of ether oxygens (including phenoxy) is 1. The van der Waals surface area contributed by atoms with Gasteiger partial charge in [-0.05, 0) is 49.7 Å². The van der Waals surface area contributed by atoms with Crippen LogP contribution >= 0.6 is 11.3 Å². The van der Waals surface area contributed by atoms with Crippen molar-refractivity contribution in [2.45, 2.75) is 19.7 Å². The molecule has 25 heavy (non-hydrogen) atoms. The fourth-order valence-electron chi connectivity index (χ4n) is 2.91. The van der Waals surface area contributed by atoms with E-state index in [1.165, 1.54) is 17.0 Å². The van der Waals surface area contributed by atoms with Crippen LogP contribution in [0.15, 0.2) is 36.4 Å². The Kier molecular flexibility index (Phi) is 3.72. The van der Waals surface area contributed by atoms with Gasteiger partial charge in [0, 0.05) is 17.0 Å². The van der Waals surface area contributed by atoms with E-state index in [0.717, 1.165) is 34.9 Å². The minimum Gasteiger partial charge on any atom is -0.406 e. The molecule has 0 spiro atoms. The van der Waals surface area contributed by atoms with Crippen LogP contribution in [-0.4, -0.2) is 22.7 Å². The van der Waals surface area contributed by atoms with Gasteiger partial charge in [0.1, 0.15) is 17.3 Å². The number of anilines is 1. The molecule has 130 valence electrons. The summed E-state index contributed by atoms with van der Waals surface area (Å²) in [6.45, 7) is 2.86. The number of aryl methyl sites for hydroxylation is 1. The second-order valence-electron chi connectivity index (χ2n) is 5.72. The summed E-state index contributed by atoms with van der Waals surface area (Å²) in [7, 11) is 0. The number of nitrogens with zero attached hydrogens (tertiary/aromatic N) is 2. The van der Waals surface area contributed by atoms with Crippen molar-refractivity contribution in [3.8, 4) is 22.0 Å². The zero-order valence-electron chi connectivity index (χ0n) is 13.2. The Morgan fingerprint density at radius 3 is 2.56 bits per heavy atom. The summed E-state index contributed by atoms with van der Waals surface area (Å²) < 4.78 is 42.5. The molecule has 1 aromatic carbocycles. The average molecular weight is 365 g/mol. The maximum absolute atomic E-state index is 12.3. The lowest BCUT2D eigenvalue weighted by molar-refractivity contribution is -0.274. The zero-order chi connectivity index (χ0) is 17.6. The van der Waals surface area contributed by atoms with Crippen LogP contribution in [0.2, 0.25) is 0 Å². The maximum atomic E-state index is 12.3. The van der Waals surface area contributed by atoms with Crippen molar-refractivity contribution in [2.75, 3.05) is 11.9 Å². The molecule has 0 aliphatic carbocycles. The second kappa shape index (κ2) is 5.80. The number of thiophene rings is 1. The molecule has 1 aliphatic rings. The van der Waals surface area contributed by atoms with Gasteiger partial charge >= 0.3 is 6.36 Å². The van der Waals surface area contributed by atoms with Crippen molar-refractivity contribution in [3.05, 3.63) is 46.8 Å². The van der Waals surface area contributed by atoms with Gasteiger partial charge in [-0.1, -0.05) is 0 Å². The number of rotatable bonds is 3. The van der Waals surface area contributed by atoms with Gasteiger partial charge in [-0.2, -0.15) is 5.10 Å². The third kappa shape index (κ3) is 3.09. The molecule has 2 aromatic heterocycles. The lowest BCUT2D eigenvalue weighted by atomic mass is 10.2. The van der Waals surface area contributed by atoms with E-state index in [4.69, 9.17) is 5.10 Å². The first-order valence-corrected chi connectivity index (χ1v) is 8.51. The SMILES string of the molecule is Cc1ccc(-c2nn(-c3ccc(OC(F)(F)F)cc3)c3c2CCN3)s1. The number of alkyl halides is 3. The van der Waals surface area contributed by atoms with Crippen LogP contribution in [0.1, 0.15) is 10.4 Å². The number of nitrogens with one attached hydrogen (secondary N) is 1. The van der Waals surface area contributed by atoms with Crippen LogP contribution in [-0.2, 0) is 6.42 Å².